The van der Waals surface area contributed by atoms with E-state index >= 15 is 0 Å². The Morgan fingerprint density at radius 2 is 2.14 bits per heavy atom. The Morgan fingerprint density at radius 1 is 1.50 bits per heavy atom. The third kappa shape index (κ3) is 2.57. The predicted molar refractivity (Wildman–Crippen MR) is 58.9 cm³/mol. The molecule has 14 heavy (non-hydrogen) atoms. The zero-order chi connectivity index (χ0) is 10.7. The van der Waals surface area contributed by atoms with Crippen LogP contribution in [-0.2, 0) is 4.79 Å². The van der Waals surface area contributed by atoms with Crippen LogP contribution in [0.25, 0.3) is 0 Å². The van der Waals surface area contributed by atoms with Gasteiger partial charge in [-0.3, -0.25) is 4.79 Å². The van der Waals surface area contributed by atoms with Gasteiger partial charge in [0.25, 0.3) is 0 Å². The van der Waals surface area contributed by atoms with Crippen LogP contribution in [0.3, 0.4) is 0 Å². The second-order valence-corrected chi connectivity index (χ2v) is 4.92. The maximum absolute atomic E-state index is 11.7. The molecule has 3 atom stereocenters. The lowest BCUT2D eigenvalue weighted by Crippen LogP contribution is -2.40. The van der Waals surface area contributed by atoms with Crippen molar-refractivity contribution in [3.8, 4) is 0 Å². The molecule has 2 N–H and O–H groups in total. The predicted octanol–water partition coefficient (Wildman–Crippen LogP) is 2.37. The van der Waals surface area contributed by atoms with Crippen LogP contribution in [0.2, 0.25) is 0 Å². The first-order valence-electron chi connectivity index (χ1n) is 5.84. The zero-order valence-corrected chi connectivity index (χ0v) is 9.62. The van der Waals surface area contributed by atoms with Crippen LogP contribution < -0.4 is 5.73 Å². The van der Waals surface area contributed by atoms with E-state index in [0.717, 1.165) is 25.7 Å². The van der Waals surface area contributed by atoms with E-state index in [9.17, 15) is 4.79 Å². The van der Waals surface area contributed by atoms with E-state index in [1.807, 2.05) is 0 Å². The second kappa shape index (κ2) is 4.92. The molecule has 1 rings (SSSR count). The lowest BCUT2D eigenvalue weighted by Gasteiger charge is -2.33. The fraction of sp³-hybridized carbons (Fsp3) is 0.917. The van der Waals surface area contributed by atoms with Gasteiger partial charge in [-0.1, -0.05) is 20.8 Å². The Morgan fingerprint density at radius 3 is 2.64 bits per heavy atom. The van der Waals surface area contributed by atoms with Gasteiger partial charge >= 0.3 is 0 Å². The van der Waals surface area contributed by atoms with Crippen LogP contribution >= 0.6 is 0 Å². The van der Waals surface area contributed by atoms with Crippen LogP contribution in [0.15, 0.2) is 0 Å². The molecule has 0 amide bonds. The van der Waals surface area contributed by atoms with Crippen molar-refractivity contribution in [3.05, 3.63) is 0 Å². The molecule has 0 heterocycles. The molecule has 0 bridgehead atoms. The molecular weight excluding hydrogens is 174 g/mol. The standard InChI is InChI=1S/C12H23NO/c1-4-11(13)10-7-9(8(2)3)5-6-12(10)14/h8-11H,4-7,13H2,1-3H3. The number of rotatable bonds is 3. The van der Waals surface area contributed by atoms with E-state index in [1.165, 1.54) is 0 Å². The van der Waals surface area contributed by atoms with Crippen LogP contribution in [0.4, 0.5) is 0 Å². The average molecular weight is 197 g/mol. The molecule has 0 saturated heterocycles. The summed E-state index contributed by atoms with van der Waals surface area (Å²) in [6, 6.07) is 0.0871. The molecule has 82 valence electrons. The summed E-state index contributed by atoms with van der Waals surface area (Å²) in [5, 5.41) is 0. The minimum absolute atomic E-state index is 0.0871. The van der Waals surface area contributed by atoms with Gasteiger partial charge < -0.3 is 5.73 Å². The Balaban J connectivity index is 2.59. The highest BCUT2D eigenvalue weighted by molar-refractivity contribution is 5.82. The largest absolute Gasteiger partial charge is 0.327 e. The van der Waals surface area contributed by atoms with Gasteiger partial charge in [-0.2, -0.15) is 0 Å². The van der Waals surface area contributed by atoms with Gasteiger partial charge in [0.2, 0.25) is 0 Å². The summed E-state index contributed by atoms with van der Waals surface area (Å²) in [6.07, 6.45) is 3.76. The highest BCUT2D eigenvalue weighted by Crippen LogP contribution is 2.33. The molecule has 0 aromatic heterocycles. The monoisotopic (exact) mass is 197 g/mol. The first-order chi connectivity index (χ1) is 6.56. The Labute approximate surface area is 87.2 Å². The van der Waals surface area contributed by atoms with Gasteiger partial charge in [-0.05, 0) is 31.1 Å². The van der Waals surface area contributed by atoms with Crippen LogP contribution in [0.5, 0.6) is 0 Å². The normalized spacial score (nSPS) is 30.8. The van der Waals surface area contributed by atoms with Crippen molar-refractivity contribution in [2.45, 2.75) is 52.5 Å². The molecular formula is C12H23NO. The summed E-state index contributed by atoms with van der Waals surface area (Å²) >= 11 is 0. The van der Waals surface area contributed by atoms with Crippen LogP contribution in [0.1, 0.15) is 46.5 Å². The molecule has 1 aliphatic carbocycles. The van der Waals surface area contributed by atoms with Gasteiger partial charge in [-0.15, -0.1) is 0 Å². The number of carbonyl (C=O) groups excluding carboxylic acids is 1. The fourth-order valence-corrected chi connectivity index (χ4v) is 2.39. The maximum Gasteiger partial charge on any atom is 0.137 e. The number of nitrogens with two attached hydrogens (primary N) is 1. The molecule has 0 aliphatic heterocycles. The molecule has 2 heteroatoms. The molecule has 3 unspecified atom stereocenters. The van der Waals surface area contributed by atoms with E-state index in [2.05, 4.69) is 20.8 Å². The summed E-state index contributed by atoms with van der Waals surface area (Å²) in [4.78, 5) is 11.7. The summed E-state index contributed by atoms with van der Waals surface area (Å²) < 4.78 is 0. The Bertz CT molecular complexity index is 200. The topological polar surface area (TPSA) is 43.1 Å². The van der Waals surface area contributed by atoms with E-state index in [-0.39, 0.29) is 12.0 Å². The third-order valence-electron chi connectivity index (χ3n) is 3.66. The molecule has 0 radical (unpaired) electrons. The molecule has 1 saturated carbocycles. The number of hydrogen-bond acceptors (Lipinski definition) is 2. The molecule has 1 aliphatic rings. The fourth-order valence-electron chi connectivity index (χ4n) is 2.39. The highest BCUT2D eigenvalue weighted by Gasteiger charge is 2.32. The Hall–Kier alpha value is -0.370. The van der Waals surface area contributed by atoms with Crippen LogP contribution in [0, 0.1) is 17.8 Å². The van der Waals surface area contributed by atoms with Crippen molar-refractivity contribution >= 4 is 5.78 Å². The highest BCUT2D eigenvalue weighted by atomic mass is 16.1. The number of hydrogen-bond donors (Lipinski definition) is 1. The average Bonchev–Trinajstić information content (AvgIpc) is 2.17. The second-order valence-electron chi connectivity index (χ2n) is 4.92. The summed E-state index contributed by atoms with van der Waals surface area (Å²) in [5.41, 5.74) is 5.98. The Kier molecular flexibility index (Phi) is 4.11. The number of ketones is 1. The number of carbonyl (C=O) groups is 1. The van der Waals surface area contributed by atoms with Crippen LogP contribution in [-0.4, -0.2) is 11.8 Å². The summed E-state index contributed by atoms with van der Waals surface area (Å²) in [6.45, 7) is 6.56. The van der Waals surface area contributed by atoms with Crippen molar-refractivity contribution < 1.29 is 4.79 Å². The van der Waals surface area contributed by atoms with Crippen molar-refractivity contribution in [2.24, 2.45) is 23.5 Å². The van der Waals surface area contributed by atoms with Crippen molar-refractivity contribution in [2.75, 3.05) is 0 Å². The molecule has 0 spiro atoms. The van der Waals surface area contributed by atoms with Crippen molar-refractivity contribution in [1.82, 2.24) is 0 Å². The van der Waals surface area contributed by atoms with Gasteiger partial charge in [0, 0.05) is 18.4 Å². The first kappa shape index (κ1) is 11.7. The molecule has 0 aromatic rings. The lowest BCUT2D eigenvalue weighted by atomic mass is 9.72. The quantitative estimate of drug-likeness (QED) is 0.754. The van der Waals surface area contributed by atoms with Crippen molar-refractivity contribution in [1.29, 1.82) is 0 Å². The minimum atomic E-state index is 0.0871. The van der Waals surface area contributed by atoms with Gasteiger partial charge in [-0.25, -0.2) is 0 Å². The third-order valence-corrected chi connectivity index (χ3v) is 3.66. The number of Topliss-reactive ketones (excluding diaryl/α,β-unsaturated/α-hetero) is 1. The maximum atomic E-state index is 11.7. The first-order valence-corrected chi connectivity index (χ1v) is 5.84. The van der Waals surface area contributed by atoms with Gasteiger partial charge in [0.05, 0.1) is 0 Å². The molecule has 1 fully saturated rings. The van der Waals surface area contributed by atoms with E-state index < -0.39 is 0 Å². The van der Waals surface area contributed by atoms with E-state index in [1.54, 1.807) is 0 Å². The zero-order valence-electron chi connectivity index (χ0n) is 9.62. The van der Waals surface area contributed by atoms with Gasteiger partial charge in [0.1, 0.15) is 5.78 Å². The summed E-state index contributed by atoms with van der Waals surface area (Å²) in [7, 11) is 0. The molecule has 2 nitrogen and oxygen atoms in total. The van der Waals surface area contributed by atoms with E-state index in [4.69, 9.17) is 5.73 Å². The smallest absolute Gasteiger partial charge is 0.137 e. The lowest BCUT2D eigenvalue weighted by molar-refractivity contribution is -0.126. The molecule has 0 aromatic carbocycles. The SMILES string of the molecule is CCC(N)C1CC(C(C)C)CCC1=O. The minimum Gasteiger partial charge on any atom is -0.327 e. The summed E-state index contributed by atoms with van der Waals surface area (Å²) in [5.74, 6) is 1.93. The van der Waals surface area contributed by atoms with Crippen molar-refractivity contribution in [3.63, 3.8) is 0 Å². The van der Waals surface area contributed by atoms with Gasteiger partial charge in [0.15, 0.2) is 0 Å². The van der Waals surface area contributed by atoms with E-state index in [0.29, 0.717) is 17.6 Å².